The van der Waals surface area contributed by atoms with Crippen LogP contribution in [0.25, 0.3) is 10.2 Å². The molecule has 3 heterocycles. The number of amides is 1. The Balaban J connectivity index is 2.06. The number of primary amides is 1. The van der Waals surface area contributed by atoms with Crippen molar-refractivity contribution in [2.24, 2.45) is 5.73 Å². The number of thioether (sulfide) groups is 1. The molecule has 1 amide bonds. The predicted molar refractivity (Wildman–Crippen MR) is 82.7 cm³/mol. The van der Waals surface area contributed by atoms with Crippen LogP contribution in [0.4, 0.5) is 0 Å². The van der Waals surface area contributed by atoms with E-state index in [1.54, 1.807) is 0 Å². The Bertz CT molecular complexity index is 779. The zero-order valence-electron chi connectivity index (χ0n) is 11.7. The molecule has 8 heteroatoms. The number of fused-ring (bicyclic) bond motifs is 3. The summed E-state index contributed by atoms with van der Waals surface area (Å²) in [6, 6.07) is 0. The van der Waals surface area contributed by atoms with Gasteiger partial charge >= 0.3 is 0 Å². The Morgan fingerprint density at radius 3 is 3.05 bits per heavy atom. The third-order valence-electron chi connectivity index (χ3n) is 3.27. The molecule has 0 fully saturated rings. The van der Waals surface area contributed by atoms with E-state index in [1.165, 1.54) is 11.3 Å². The molecule has 0 radical (unpaired) electrons. The molecule has 6 nitrogen and oxygen atoms in total. The smallest absolute Gasteiger partial charge is 0.260 e. The summed E-state index contributed by atoms with van der Waals surface area (Å²) >= 11 is 2.61. The highest BCUT2D eigenvalue weighted by atomic mass is 32.2. The lowest BCUT2D eigenvalue weighted by molar-refractivity contribution is -0.115. The second-order valence-electron chi connectivity index (χ2n) is 5.54. The Kier molecular flexibility index (Phi) is 3.54. The van der Waals surface area contributed by atoms with Gasteiger partial charge in [-0.2, -0.15) is 0 Å². The zero-order chi connectivity index (χ0) is 15.2. The highest BCUT2D eigenvalue weighted by Crippen LogP contribution is 2.37. The maximum absolute atomic E-state index is 12.3. The first-order valence-electron chi connectivity index (χ1n) is 6.45. The minimum atomic E-state index is -0.441. The number of carbonyl (C=O) groups excluding carboxylic acids is 1. The van der Waals surface area contributed by atoms with E-state index in [9.17, 15) is 9.59 Å². The maximum atomic E-state index is 12.3. The van der Waals surface area contributed by atoms with E-state index in [4.69, 9.17) is 10.5 Å². The molecule has 0 spiro atoms. The third kappa shape index (κ3) is 2.83. The number of ether oxygens (including phenoxy) is 1. The van der Waals surface area contributed by atoms with Gasteiger partial charge in [-0.25, -0.2) is 4.98 Å². The van der Waals surface area contributed by atoms with E-state index >= 15 is 0 Å². The molecule has 0 unspecified atom stereocenters. The van der Waals surface area contributed by atoms with Gasteiger partial charge in [-0.3, -0.25) is 9.59 Å². The third-order valence-corrected chi connectivity index (χ3v) is 5.27. The second-order valence-corrected chi connectivity index (χ2v) is 7.58. The van der Waals surface area contributed by atoms with E-state index in [0.29, 0.717) is 28.4 Å². The first-order chi connectivity index (χ1) is 9.85. The van der Waals surface area contributed by atoms with Gasteiger partial charge in [-0.05, 0) is 19.4 Å². The number of aromatic amines is 1. The SMILES string of the molecule is CC1(C)Cc2c(sc3nc(SCC(N)=O)[nH]c(=O)c23)CO1. The Morgan fingerprint density at radius 2 is 2.33 bits per heavy atom. The highest BCUT2D eigenvalue weighted by molar-refractivity contribution is 7.99. The molecule has 0 saturated carbocycles. The van der Waals surface area contributed by atoms with Crippen molar-refractivity contribution in [2.75, 3.05) is 5.75 Å². The van der Waals surface area contributed by atoms with Gasteiger partial charge in [-0.1, -0.05) is 11.8 Å². The highest BCUT2D eigenvalue weighted by Gasteiger charge is 2.30. The molecule has 0 aliphatic carbocycles. The molecule has 1 aliphatic rings. The van der Waals surface area contributed by atoms with E-state index in [1.807, 2.05) is 13.8 Å². The van der Waals surface area contributed by atoms with Gasteiger partial charge in [-0.15, -0.1) is 11.3 Å². The van der Waals surface area contributed by atoms with E-state index in [2.05, 4.69) is 9.97 Å². The van der Waals surface area contributed by atoms with Gasteiger partial charge in [0.15, 0.2) is 5.16 Å². The number of carbonyl (C=O) groups is 1. The summed E-state index contributed by atoms with van der Waals surface area (Å²) in [7, 11) is 0. The predicted octanol–water partition coefficient (Wildman–Crippen LogP) is 1.41. The van der Waals surface area contributed by atoms with E-state index in [-0.39, 0.29) is 16.9 Å². The summed E-state index contributed by atoms with van der Waals surface area (Å²) < 4.78 is 5.77. The number of rotatable bonds is 3. The Morgan fingerprint density at radius 1 is 1.57 bits per heavy atom. The molecule has 2 aromatic heterocycles. The number of nitrogens with two attached hydrogens (primary N) is 1. The van der Waals surface area contributed by atoms with Crippen molar-refractivity contribution in [3.05, 3.63) is 20.8 Å². The van der Waals surface area contributed by atoms with E-state index in [0.717, 1.165) is 22.2 Å². The van der Waals surface area contributed by atoms with Gasteiger partial charge in [0, 0.05) is 11.3 Å². The van der Waals surface area contributed by atoms with Gasteiger partial charge in [0.1, 0.15) is 4.83 Å². The van der Waals surface area contributed by atoms with Crippen LogP contribution in [0, 0.1) is 0 Å². The molecule has 0 atom stereocenters. The molecule has 112 valence electrons. The number of thiophene rings is 1. The molecule has 0 aromatic carbocycles. The average molecular weight is 325 g/mol. The minimum absolute atomic E-state index is 0.0929. The van der Waals surface area contributed by atoms with Gasteiger partial charge in [0.2, 0.25) is 5.91 Å². The fraction of sp³-hybridized carbons (Fsp3) is 0.462. The molecule has 3 N–H and O–H groups in total. The molecular formula is C13H15N3O3S2. The molecule has 2 aromatic rings. The summed E-state index contributed by atoms with van der Waals surface area (Å²) in [5.41, 5.74) is 5.70. The molecule has 1 aliphatic heterocycles. The lowest BCUT2D eigenvalue weighted by Gasteiger charge is -2.29. The van der Waals surface area contributed by atoms with Crippen molar-refractivity contribution in [2.45, 2.75) is 37.6 Å². The fourth-order valence-corrected chi connectivity index (χ4v) is 4.10. The largest absolute Gasteiger partial charge is 0.370 e. The number of nitrogens with one attached hydrogen (secondary N) is 1. The van der Waals surface area contributed by atoms with Crippen LogP contribution in [0.2, 0.25) is 0 Å². The molecule has 21 heavy (non-hydrogen) atoms. The monoisotopic (exact) mass is 325 g/mol. The van der Waals surface area contributed by atoms with Gasteiger partial charge in [0.25, 0.3) is 5.56 Å². The molecular weight excluding hydrogens is 310 g/mol. The van der Waals surface area contributed by atoms with Crippen molar-refractivity contribution < 1.29 is 9.53 Å². The van der Waals surface area contributed by atoms with Crippen molar-refractivity contribution in [3.8, 4) is 0 Å². The first kappa shape index (κ1) is 14.6. The number of hydrogen-bond acceptors (Lipinski definition) is 6. The summed E-state index contributed by atoms with van der Waals surface area (Å²) in [5.74, 6) is -0.348. The lowest BCUT2D eigenvalue weighted by atomic mass is 9.94. The molecule has 3 rings (SSSR count). The van der Waals surface area contributed by atoms with Crippen LogP contribution in [0.15, 0.2) is 9.95 Å². The Labute approximate surface area is 129 Å². The zero-order valence-corrected chi connectivity index (χ0v) is 13.3. The number of aromatic nitrogens is 2. The average Bonchev–Trinajstić information content (AvgIpc) is 2.73. The standard InChI is InChI=1S/C13H15N3O3S2/c1-13(2)3-6-7(4-19-13)21-11-9(6)10(18)15-12(16-11)20-5-8(14)17/h3-5H2,1-2H3,(H2,14,17)(H,15,16,18). The van der Waals surface area contributed by atoms with Crippen molar-refractivity contribution in [3.63, 3.8) is 0 Å². The maximum Gasteiger partial charge on any atom is 0.260 e. The van der Waals surface area contributed by atoms with Crippen LogP contribution in [-0.2, 0) is 22.6 Å². The van der Waals surface area contributed by atoms with E-state index < -0.39 is 5.91 Å². The molecule has 0 bridgehead atoms. The molecule has 0 saturated heterocycles. The van der Waals surface area contributed by atoms with Crippen LogP contribution >= 0.6 is 23.1 Å². The van der Waals surface area contributed by atoms with Crippen molar-refractivity contribution >= 4 is 39.2 Å². The summed E-state index contributed by atoms with van der Waals surface area (Å²) in [6.45, 7) is 4.53. The number of nitrogens with zero attached hydrogens (tertiary/aromatic N) is 1. The summed E-state index contributed by atoms with van der Waals surface area (Å²) in [5, 5.41) is 1.07. The van der Waals surface area contributed by atoms with Crippen LogP contribution < -0.4 is 11.3 Å². The summed E-state index contributed by atoms with van der Waals surface area (Å²) in [6.07, 6.45) is 0.695. The summed E-state index contributed by atoms with van der Waals surface area (Å²) in [4.78, 5) is 32.0. The van der Waals surface area contributed by atoms with Crippen molar-refractivity contribution in [1.82, 2.24) is 9.97 Å². The van der Waals surface area contributed by atoms with Crippen LogP contribution in [0.5, 0.6) is 0 Å². The van der Waals surface area contributed by atoms with Gasteiger partial charge in [0.05, 0.1) is 23.3 Å². The normalized spacial score (nSPS) is 16.9. The Hall–Kier alpha value is -1.38. The van der Waals surface area contributed by atoms with Crippen molar-refractivity contribution in [1.29, 1.82) is 0 Å². The quantitative estimate of drug-likeness (QED) is 0.657. The number of hydrogen-bond donors (Lipinski definition) is 2. The van der Waals surface area contributed by atoms with Gasteiger partial charge < -0.3 is 15.5 Å². The fourth-order valence-electron chi connectivity index (χ4n) is 2.34. The van der Waals surface area contributed by atoms with Crippen LogP contribution in [0.1, 0.15) is 24.3 Å². The topological polar surface area (TPSA) is 98.1 Å². The minimum Gasteiger partial charge on any atom is -0.370 e. The second kappa shape index (κ2) is 5.11. The van der Waals surface area contributed by atoms with Crippen LogP contribution in [0.3, 0.4) is 0 Å². The lowest BCUT2D eigenvalue weighted by Crippen LogP contribution is -2.31. The van der Waals surface area contributed by atoms with Crippen LogP contribution in [-0.4, -0.2) is 27.2 Å². The first-order valence-corrected chi connectivity index (χ1v) is 8.25. The number of H-pyrrole nitrogens is 1.